The molecule has 1 N–H and O–H groups in total. The molecular weight excluding hydrogens is 306 g/mol. The van der Waals surface area contributed by atoms with Crippen molar-refractivity contribution in [1.82, 2.24) is 13.9 Å². The summed E-state index contributed by atoms with van der Waals surface area (Å²) >= 11 is 0. The van der Waals surface area contributed by atoms with E-state index in [1.165, 1.54) is 16.8 Å². The summed E-state index contributed by atoms with van der Waals surface area (Å²) < 4.78 is 28.3. The molecule has 2 fully saturated rings. The number of rotatable bonds is 3. The van der Waals surface area contributed by atoms with Crippen LogP contribution in [0.25, 0.3) is 0 Å². The third-order valence-electron chi connectivity index (χ3n) is 5.05. The van der Waals surface area contributed by atoms with Crippen molar-refractivity contribution in [2.24, 2.45) is 18.4 Å². The van der Waals surface area contributed by atoms with Gasteiger partial charge in [0, 0.05) is 26.3 Å². The van der Waals surface area contributed by atoms with Crippen LogP contribution in [0.2, 0.25) is 0 Å². The number of aromatic nitrogens is 2. The van der Waals surface area contributed by atoms with Crippen molar-refractivity contribution in [2.45, 2.75) is 37.1 Å². The van der Waals surface area contributed by atoms with E-state index in [1.54, 1.807) is 11.6 Å². The van der Waals surface area contributed by atoms with Crippen molar-refractivity contribution in [3.63, 3.8) is 0 Å². The number of hydrogen-bond donors (Lipinski definition) is 1. The van der Waals surface area contributed by atoms with Crippen LogP contribution in [-0.4, -0.2) is 46.4 Å². The number of hydrogen-bond acceptors (Lipinski definition) is 4. The topological polar surface area (TPSA) is 92.5 Å². The van der Waals surface area contributed by atoms with Gasteiger partial charge in [-0.1, -0.05) is 19.3 Å². The molecule has 0 radical (unpaired) electrons. The Morgan fingerprint density at radius 2 is 2.05 bits per heavy atom. The Bertz CT molecular complexity index is 676. The molecule has 1 aromatic rings. The number of aryl methyl sites for hydroxylation is 1. The number of carboxylic acids is 1. The SMILES string of the molecule is Cn1cnc(S(=O)(=O)N2C[C@@H](C(=O)O)C3(CCCCC3)C2)c1. The smallest absolute Gasteiger partial charge is 0.308 e. The zero-order chi connectivity index (χ0) is 16.0. The summed E-state index contributed by atoms with van der Waals surface area (Å²) in [6.07, 6.45) is 7.52. The van der Waals surface area contributed by atoms with Gasteiger partial charge in [0.05, 0.1) is 12.2 Å². The third kappa shape index (κ3) is 2.44. The van der Waals surface area contributed by atoms with Crippen LogP contribution >= 0.6 is 0 Å². The molecule has 1 aliphatic carbocycles. The molecule has 2 aliphatic rings. The third-order valence-corrected chi connectivity index (χ3v) is 6.75. The maximum Gasteiger partial charge on any atom is 0.308 e. The van der Waals surface area contributed by atoms with Crippen LogP contribution in [0.1, 0.15) is 32.1 Å². The number of sulfonamides is 1. The molecule has 0 bridgehead atoms. The molecule has 0 unspecified atom stereocenters. The molecule has 1 aliphatic heterocycles. The van der Waals surface area contributed by atoms with E-state index in [4.69, 9.17) is 0 Å². The summed E-state index contributed by atoms with van der Waals surface area (Å²) in [7, 11) is -2.01. The molecule has 2 heterocycles. The Hall–Kier alpha value is -1.41. The molecule has 0 aromatic carbocycles. The quantitative estimate of drug-likeness (QED) is 0.896. The normalized spacial score (nSPS) is 25.6. The van der Waals surface area contributed by atoms with Gasteiger partial charge in [0.2, 0.25) is 0 Å². The van der Waals surface area contributed by atoms with Crippen LogP contribution in [0.3, 0.4) is 0 Å². The molecule has 1 spiro atoms. The Morgan fingerprint density at radius 3 is 2.59 bits per heavy atom. The average Bonchev–Trinajstić information content (AvgIpc) is 3.05. The largest absolute Gasteiger partial charge is 0.481 e. The van der Waals surface area contributed by atoms with E-state index in [2.05, 4.69) is 4.98 Å². The molecule has 0 amide bonds. The van der Waals surface area contributed by atoms with Gasteiger partial charge in [0.25, 0.3) is 10.0 Å². The van der Waals surface area contributed by atoms with Crippen molar-refractivity contribution in [3.8, 4) is 0 Å². The van der Waals surface area contributed by atoms with E-state index < -0.39 is 27.3 Å². The molecule has 1 saturated carbocycles. The van der Waals surface area contributed by atoms with E-state index in [1.807, 2.05) is 0 Å². The van der Waals surface area contributed by atoms with Gasteiger partial charge in [-0.2, -0.15) is 4.31 Å². The fourth-order valence-corrected chi connectivity index (χ4v) is 5.38. The second kappa shape index (κ2) is 5.34. The number of aliphatic carboxylic acids is 1. The zero-order valence-electron chi connectivity index (χ0n) is 12.6. The van der Waals surface area contributed by atoms with E-state index >= 15 is 0 Å². The number of carbonyl (C=O) groups is 1. The molecule has 7 nitrogen and oxygen atoms in total. The van der Waals surface area contributed by atoms with Gasteiger partial charge in [0.15, 0.2) is 5.03 Å². The lowest BCUT2D eigenvalue weighted by molar-refractivity contribution is -0.145. The standard InChI is InChI=1S/C14H21N3O4S/c1-16-8-12(15-10-16)22(20,21)17-7-11(13(18)19)14(9-17)5-3-2-4-6-14/h8,10-11H,2-7,9H2,1H3,(H,18,19)/t11-/m0/s1. The van der Waals surface area contributed by atoms with Gasteiger partial charge in [-0.3, -0.25) is 4.79 Å². The van der Waals surface area contributed by atoms with Crippen molar-refractivity contribution in [1.29, 1.82) is 0 Å². The summed E-state index contributed by atoms with van der Waals surface area (Å²) in [5.74, 6) is -1.51. The minimum absolute atomic E-state index is 0.00741. The predicted molar refractivity (Wildman–Crippen MR) is 78.6 cm³/mol. The van der Waals surface area contributed by atoms with Crippen molar-refractivity contribution >= 4 is 16.0 Å². The van der Waals surface area contributed by atoms with E-state index in [-0.39, 0.29) is 11.6 Å². The van der Waals surface area contributed by atoms with E-state index in [0.717, 1.165) is 32.1 Å². The van der Waals surface area contributed by atoms with Gasteiger partial charge in [0.1, 0.15) is 0 Å². The van der Waals surface area contributed by atoms with Crippen molar-refractivity contribution in [2.75, 3.05) is 13.1 Å². The summed E-state index contributed by atoms with van der Waals surface area (Å²) in [6.45, 7) is 0.344. The molecule has 3 rings (SSSR count). The lowest BCUT2D eigenvalue weighted by atomic mass is 9.68. The fraction of sp³-hybridized carbons (Fsp3) is 0.714. The van der Waals surface area contributed by atoms with Crippen LogP contribution in [0.15, 0.2) is 17.6 Å². The Morgan fingerprint density at radius 1 is 1.36 bits per heavy atom. The molecule has 1 aromatic heterocycles. The number of carboxylic acid groups (broad SMARTS) is 1. The van der Waals surface area contributed by atoms with Gasteiger partial charge in [-0.15, -0.1) is 0 Å². The molecule has 8 heteroatoms. The summed E-state index contributed by atoms with van der Waals surface area (Å²) in [4.78, 5) is 15.6. The highest BCUT2D eigenvalue weighted by Gasteiger charge is 2.53. The Balaban J connectivity index is 1.92. The van der Waals surface area contributed by atoms with Gasteiger partial charge >= 0.3 is 5.97 Å². The average molecular weight is 327 g/mol. The minimum atomic E-state index is -3.72. The number of imidazole rings is 1. The van der Waals surface area contributed by atoms with Crippen LogP contribution in [0.5, 0.6) is 0 Å². The molecule has 1 atom stereocenters. The lowest BCUT2D eigenvalue weighted by Gasteiger charge is -2.36. The van der Waals surface area contributed by atoms with Crippen molar-refractivity contribution < 1.29 is 18.3 Å². The molecule has 122 valence electrons. The lowest BCUT2D eigenvalue weighted by Crippen LogP contribution is -2.37. The van der Waals surface area contributed by atoms with Crippen LogP contribution in [0.4, 0.5) is 0 Å². The van der Waals surface area contributed by atoms with Crippen LogP contribution in [-0.2, 0) is 21.9 Å². The highest BCUT2D eigenvalue weighted by Crippen LogP contribution is 2.48. The monoisotopic (exact) mass is 327 g/mol. The highest BCUT2D eigenvalue weighted by molar-refractivity contribution is 7.89. The first kappa shape index (κ1) is 15.5. The van der Waals surface area contributed by atoms with Crippen LogP contribution < -0.4 is 0 Å². The van der Waals surface area contributed by atoms with Gasteiger partial charge in [-0.25, -0.2) is 13.4 Å². The first-order valence-corrected chi connectivity index (χ1v) is 9.00. The first-order valence-electron chi connectivity index (χ1n) is 7.56. The zero-order valence-corrected chi connectivity index (χ0v) is 13.4. The van der Waals surface area contributed by atoms with E-state index in [0.29, 0.717) is 6.54 Å². The van der Waals surface area contributed by atoms with Gasteiger partial charge < -0.3 is 9.67 Å². The predicted octanol–water partition coefficient (Wildman–Crippen LogP) is 1.08. The number of nitrogens with zero attached hydrogens (tertiary/aromatic N) is 3. The summed E-state index contributed by atoms with van der Waals surface area (Å²) in [5.41, 5.74) is -0.411. The molecule has 22 heavy (non-hydrogen) atoms. The van der Waals surface area contributed by atoms with Gasteiger partial charge in [-0.05, 0) is 18.3 Å². The van der Waals surface area contributed by atoms with E-state index in [9.17, 15) is 18.3 Å². The summed E-state index contributed by atoms with van der Waals surface area (Å²) in [6, 6.07) is 0. The highest BCUT2D eigenvalue weighted by atomic mass is 32.2. The minimum Gasteiger partial charge on any atom is -0.481 e. The Labute approximate surface area is 130 Å². The maximum atomic E-state index is 12.7. The molecule has 1 saturated heterocycles. The fourth-order valence-electron chi connectivity index (χ4n) is 3.86. The second-order valence-corrected chi connectivity index (χ2v) is 8.37. The Kier molecular flexibility index (Phi) is 3.76. The van der Waals surface area contributed by atoms with Crippen molar-refractivity contribution in [3.05, 3.63) is 12.5 Å². The maximum absolute atomic E-state index is 12.7. The molecular formula is C14H21N3O4S. The first-order chi connectivity index (χ1) is 10.3. The second-order valence-electron chi connectivity index (χ2n) is 6.49. The van der Waals surface area contributed by atoms with Crippen LogP contribution in [0, 0.1) is 11.3 Å². The summed E-state index contributed by atoms with van der Waals surface area (Å²) in [5, 5.41) is 9.54.